The molecule has 0 bridgehead atoms. The Labute approximate surface area is 222 Å². The summed E-state index contributed by atoms with van der Waals surface area (Å²) in [6.45, 7) is 8.77. The number of nitriles is 1. The minimum absolute atomic E-state index is 0.305. The van der Waals surface area contributed by atoms with E-state index in [2.05, 4.69) is 32.7 Å². The summed E-state index contributed by atoms with van der Waals surface area (Å²) < 4.78 is 9.04. The number of aromatic nitrogens is 6. The Hall–Kier alpha value is -4.32. The van der Waals surface area contributed by atoms with E-state index in [0.29, 0.717) is 47.3 Å². The first-order valence-electron chi connectivity index (χ1n) is 13.1. The lowest BCUT2D eigenvalue weighted by Crippen LogP contribution is -2.11. The Balaban J connectivity index is 1.52. The van der Waals surface area contributed by atoms with Crippen LogP contribution in [0.25, 0.3) is 17.1 Å². The van der Waals surface area contributed by atoms with Crippen LogP contribution >= 0.6 is 0 Å². The molecule has 0 radical (unpaired) electrons. The number of ether oxygens (including phenoxy) is 1. The van der Waals surface area contributed by atoms with Gasteiger partial charge in [-0.25, -0.2) is 19.4 Å². The van der Waals surface area contributed by atoms with Crippen molar-refractivity contribution in [2.75, 3.05) is 6.61 Å². The SMILES string of the molecule is CCOC(=O)c1c(C)nn(-c2cc(Cc3c(CC)c(-c4ccc(C#N)cc4)nn3CC3CC3)ncn2)c1C. The molecule has 1 aliphatic rings. The zero-order valence-corrected chi connectivity index (χ0v) is 22.2. The molecule has 0 saturated heterocycles. The first-order chi connectivity index (χ1) is 18.4. The van der Waals surface area contributed by atoms with Crippen LogP contribution in [0.15, 0.2) is 36.7 Å². The van der Waals surface area contributed by atoms with Gasteiger partial charge < -0.3 is 4.74 Å². The highest BCUT2D eigenvalue weighted by Crippen LogP contribution is 2.34. The molecule has 1 fully saturated rings. The number of nitrogens with zero attached hydrogens (tertiary/aromatic N) is 7. The first-order valence-corrected chi connectivity index (χ1v) is 13.1. The van der Waals surface area contributed by atoms with Crippen molar-refractivity contribution >= 4 is 5.97 Å². The number of hydrogen-bond donors (Lipinski definition) is 0. The maximum Gasteiger partial charge on any atom is 0.341 e. The summed E-state index contributed by atoms with van der Waals surface area (Å²) in [7, 11) is 0. The minimum atomic E-state index is -0.380. The molecule has 1 aromatic carbocycles. The number of hydrogen-bond acceptors (Lipinski definition) is 7. The molecule has 9 nitrogen and oxygen atoms in total. The fraction of sp³-hybridized carbons (Fsp3) is 0.379. The molecule has 38 heavy (non-hydrogen) atoms. The summed E-state index contributed by atoms with van der Waals surface area (Å²) in [6, 6.07) is 11.7. The molecule has 1 saturated carbocycles. The second kappa shape index (κ2) is 10.6. The van der Waals surface area contributed by atoms with E-state index in [-0.39, 0.29) is 5.97 Å². The Morgan fingerprint density at radius 1 is 1.13 bits per heavy atom. The van der Waals surface area contributed by atoms with Crippen molar-refractivity contribution in [2.24, 2.45) is 5.92 Å². The minimum Gasteiger partial charge on any atom is -0.462 e. The van der Waals surface area contributed by atoms with Crippen LogP contribution in [-0.2, 0) is 24.1 Å². The van der Waals surface area contributed by atoms with Crippen LogP contribution in [0.2, 0.25) is 0 Å². The van der Waals surface area contributed by atoms with Gasteiger partial charge in [-0.2, -0.15) is 15.5 Å². The molecule has 0 unspecified atom stereocenters. The van der Waals surface area contributed by atoms with Crippen molar-refractivity contribution in [3.8, 4) is 23.1 Å². The van der Waals surface area contributed by atoms with Gasteiger partial charge >= 0.3 is 5.97 Å². The maximum absolute atomic E-state index is 12.5. The van der Waals surface area contributed by atoms with E-state index in [1.165, 1.54) is 18.4 Å². The van der Waals surface area contributed by atoms with Crippen LogP contribution in [-0.4, -0.2) is 42.1 Å². The van der Waals surface area contributed by atoms with E-state index < -0.39 is 0 Å². The highest BCUT2D eigenvalue weighted by atomic mass is 16.5. The number of benzene rings is 1. The third kappa shape index (κ3) is 4.94. The van der Waals surface area contributed by atoms with Crippen LogP contribution in [0.1, 0.15) is 70.9 Å². The van der Waals surface area contributed by atoms with Gasteiger partial charge in [0.1, 0.15) is 11.9 Å². The summed E-state index contributed by atoms with van der Waals surface area (Å²) in [5.41, 5.74) is 7.52. The van der Waals surface area contributed by atoms with Crippen LogP contribution in [0.5, 0.6) is 0 Å². The molecule has 3 aromatic heterocycles. The summed E-state index contributed by atoms with van der Waals surface area (Å²) in [4.78, 5) is 21.5. The summed E-state index contributed by atoms with van der Waals surface area (Å²) >= 11 is 0. The van der Waals surface area contributed by atoms with E-state index in [0.717, 1.165) is 35.6 Å². The first kappa shape index (κ1) is 25.3. The van der Waals surface area contributed by atoms with Gasteiger partial charge in [0.2, 0.25) is 0 Å². The third-order valence-electron chi connectivity index (χ3n) is 6.98. The predicted molar refractivity (Wildman–Crippen MR) is 142 cm³/mol. The van der Waals surface area contributed by atoms with Crippen LogP contribution < -0.4 is 0 Å². The van der Waals surface area contributed by atoms with Crippen LogP contribution in [0, 0.1) is 31.1 Å². The molecule has 1 aliphatic carbocycles. The highest BCUT2D eigenvalue weighted by molar-refractivity contribution is 5.92. The molecule has 4 aromatic rings. The second-order valence-corrected chi connectivity index (χ2v) is 9.66. The van der Waals surface area contributed by atoms with Crippen molar-refractivity contribution in [1.82, 2.24) is 29.5 Å². The smallest absolute Gasteiger partial charge is 0.341 e. The average molecular weight is 510 g/mol. The Bertz CT molecular complexity index is 1520. The molecule has 0 atom stereocenters. The van der Waals surface area contributed by atoms with Crippen molar-refractivity contribution in [3.63, 3.8) is 0 Å². The molecule has 9 heteroatoms. The Morgan fingerprint density at radius 2 is 1.89 bits per heavy atom. The van der Waals surface area contributed by atoms with Crippen LogP contribution in [0.4, 0.5) is 0 Å². The van der Waals surface area contributed by atoms with Gasteiger partial charge in [-0.05, 0) is 58.1 Å². The molecule has 5 rings (SSSR count). The van der Waals surface area contributed by atoms with Crippen molar-refractivity contribution in [1.29, 1.82) is 5.26 Å². The molecule has 0 amide bonds. The van der Waals surface area contributed by atoms with Gasteiger partial charge in [-0.1, -0.05) is 19.1 Å². The average Bonchev–Trinajstić information content (AvgIpc) is 3.60. The quantitative estimate of drug-likeness (QED) is 0.299. The van der Waals surface area contributed by atoms with Gasteiger partial charge in [0, 0.05) is 35.9 Å². The predicted octanol–water partition coefficient (Wildman–Crippen LogP) is 4.75. The van der Waals surface area contributed by atoms with E-state index in [1.807, 2.05) is 37.3 Å². The zero-order chi connectivity index (χ0) is 26.8. The lowest BCUT2D eigenvalue weighted by Gasteiger charge is -2.10. The molecular weight excluding hydrogens is 478 g/mol. The van der Waals surface area contributed by atoms with Crippen molar-refractivity contribution in [2.45, 2.75) is 59.9 Å². The van der Waals surface area contributed by atoms with E-state index in [9.17, 15) is 10.1 Å². The zero-order valence-electron chi connectivity index (χ0n) is 22.2. The normalized spacial score (nSPS) is 12.9. The van der Waals surface area contributed by atoms with Gasteiger partial charge in [0.15, 0.2) is 5.82 Å². The molecule has 0 N–H and O–H groups in total. The van der Waals surface area contributed by atoms with E-state index >= 15 is 0 Å². The monoisotopic (exact) mass is 509 g/mol. The molecule has 0 spiro atoms. The summed E-state index contributed by atoms with van der Waals surface area (Å²) in [5, 5.41) is 18.8. The number of carbonyl (C=O) groups is 1. The maximum atomic E-state index is 12.5. The second-order valence-electron chi connectivity index (χ2n) is 9.66. The summed E-state index contributed by atoms with van der Waals surface area (Å²) in [5.74, 6) is 0.879. The lowest BCUT2D eigenvalue weighted by molar-refractivity contribution is 0.0524. The number of rotatable bonds is 9. The fourth-order valence-corrected chi connectivity index (χ4v) is 4.87. The van der Waals surface area contributed by atoms with Crippen molar-refractivity contribution in [3.05, 3.63) is 76.1 Å². The highest BCUT2D eigenvalue weighted by Gasteiger charge is 2.27. The molecule has 194 valence electrons. The fourth-order valence-electron chi connectivity index (χ4n) is 4.87. The Morgan fingerprint density at radius 3 is 2.55 bits per heavy atom. The summed E-state index contributed by atoms with van der Waals surface area (Å²) in [6.07, 6.45) is 5.42. The Kier molecular flexibility index (Phi) is 7.05. The molecular formula is C29H31N7O2. The van der Waals surface area contributed by atoms with Gasteiger partial charge in [0.25, 0.3) is 0 Å². The van der Waals surface area contributed by atoms with Gasteiger partial charge in [0.05, 0.1) is 41.0 Å². The topological polar surface area (TPSA) is 112 Å². The van der Waals surface area contributed by atoms with Gasteiger partial charge in [-0.3, -0.25) is 4.68 Å². The third-order valence-corrected chi connectivity index (χ3v) is 6.98. The number of carbonyl (C=O) groups excluding carboxylic acids is 1. The lowest BCUT2D eigenvalue weighted by atomic mass is 10.0. The number of esters is 1. The van der Waals surface area contributed by atoms with E-state index in [4.69, 9.17) is 9.84 Å². The molecule has 0 aliphatic heterocycles. The standard InChI is InChI=1S/C29H31N7O2/c1-5-24-25(35(16-21-7-8-21)34-28(24)22-11-9-20(15-30)10-12-22)13-23-14-26(32-17-31-23)36-19(4)27(18(3)33-36)29(37)38-6-2/h9-12,14,17,21H,5-8,13,16H2,1-4H3. The van der Waals surface area contributed by atoms with Crippen LogP contribution in [0.3, 0.4) is 0 Å². The number of aryl methyl sites for hydroxylation is 1. The van der Waals surface area contributed by atoms with Crippen molar-refractivity contribution < 1.29 is 9.53 Å². The van der Waals surface area contributed by atoms with E-state index in [1.54, 1.807) is 24.9 Å². The largest absolute Gasteiger partial charge is 0.462 e. The van der Waals surface area contributed by atoms with Gasteiger partial charge in [-0.15, -0.1) is 0 Å². The molecule has 3 heterocycles.